The number of hydrogen-bond donors (Lipinski definition) is 1. The number of likely N-dealkylation sites (N-methyl/N-ethyl adjacent to an activating group) is 1. The van der Waals surface area contributed by atoms with E-state index in [0.717, 1.165) is 28.1 Å². The zero-order valence-corrected chi connectivity index (χ0v) is 20.7. The molecule has 3 heterocycles. The van der Waals surface area contributed by atoms with Gasteiger partial charge in [-0.25, -0.2) is 4.98 Å². The second-order valence-corrected chi connectivity index (χ2v) is 9.38. The van der Waals surface area contributed by atoms with Gasteiger partial charge in [-0.05, 0) is 68.2 Å². The maximum absolute atomic E-state index is 13.9. The van der Waals surface area contributed by atoms with Crippen LogP contribution >= 0.6 is 11.6 Å². The molecule has 0 aliphatic heterocycles. The molecule has 0 fully saturated rings. The summed E-state index contributed by atoms with van der Waals surface area (Å²) in [5.74, 6) is 0. The number of benzene rings is 2. The molecule has 2 aromatic carbocycles. The normalized spacial score (nSPS) is 12.2. The highest BCUT2D eigenvalue weighted by Gasteiger charge is 2.33. The fourth-order valence-electron chi connectivity index (χ4n) is 4.20. The molecule has 2 N–H and O–H groups in total. The zero-order valence-electron chi connectivity index (χ0n) is 19.9. The van der Waals surface area contributed by atoms with E-state index in [-0.39, 0.29) is 22.3 Å². The first kappa shape index (κ1) is 24.8. The fraction of sp³-hybridized carbons (Fsp3) is 0.192. The van der Waals surface area contributed by atoms with Gasteiger partial charge < -0.3 is 10.6 Å². The minimum Gasteiger partial charge on any atom is -0.397 e. The predicted molar refractivity (Wildman–Crippen MR) is 139 cm³/mol. The predicted octanol–water partition coefficient (Wildman–Crippen LogP) is 5.22. The number of nitrogen functional groups attached to an aromatic ring is 1. The van der Waals surface area contributed by atoms with Crippen molar-refractivity contribution in [2.24, 2.45) is 0 Å². The van der Waals surface area contributed by atoms with Crippen LogP contribution in [0.1, 0.15) is 5.69 Å². The third-order valence-electron chi connectivity index (χ3n) is 6.06. The van der Waals surface area contributed by atoms with E-state index in [1.807, 2.05) is 29.9 Å². The summed E-state index contributed by atoms with van der Waals surface area (Å²) in [5, 5.41) is 6.01. The summed E-state index contributed by atoms with van der Waals surface area (Å²) < 4.78 is 43.4. The van der Waals surface area contributed by atoms with Crippen LogP contribution in [-0.2, 0) is 12.7 Å². The smallest absolute Gasteiger partial charge is 0.397 e. The number of nitrogens with zero attached hydrogens (tertiary/aromatic N) is 5. The van der Waals surface area contributed by atoms with E-state index < -0.39 is 17.4 Å². The fourth-order valence-corrected chi connectivity index (χ4v) is 4.33. The number of fused-ring (bicyclic) bond motifs is 2. The molecule has 0 saturated heterocycles. The average Bonchev–Trinajstić information content (AvgIpc) is 3.25. The van der Waals surface area contributed by atoms with Crippen LogP contribution in [0.4, 0.5) is 18.9 Å². The molecular weight excluding hydrogens is 505 g/mol. The van der Waals surface area contributed by atoms with Crippen LogP contribution < -0.4 is 11.3 Å². The minimum atomic E-state index is -4.69. The Labute approximate surface area is 214 Å². The zero-order chi connectivity index (χ0) is 26.5. The van der Waals surface area contributed by atoms with Crippen molar-refractivity contribution in [3.8, 4) is 16.8 Å². The molecule has 0 bridgehead atoms. The van der Waals surface area contributed by atoms with E-state index in [4.69, 9.17) is 17.3 Å². The number of anilines is 1. The highest BCUT2D eigenvalue weighted by Crippen LogP contribution is 2.35. The quantitative estimate of drug-likeness (QED) is 0.339. The molecule has 7 nitrogen and oxygen atoms in total. The highest BCUT2D eigenvalue weighted by atomic mass is 35.5. The summed E-state index contributed by atoms with van der Waals surface area (Å²) in [5.41, 5.74) is 6.30. The topological polar surface area (TPSA) is 82.0 Å². The summed E-state index contributed by atoms with van der Waals surface area (Å²) in [6, 6.07) is 13.6. The molecule has 0 unspecified atom stereocenters. The van der Waals surface area contributed by atoms with Gasteiger partial charge in [-0.3, -0.25) is 14.0 Å². The third kappa shape index (κ3) is 4.65. The highest BCUT2D eigenvalue weighted by molar-refractivity contribution is 6.30. The van der Waals surface area contributed by atoms with Crippen molar-refractivity contribution >= 4 is 39.2 Å². The molecule has 190 valence electrons. The van der Waals surface area contributed by atoms with E-state index >= 15 is 0 Å². The van der Waals surface area contributed by atoms with Gasteiger partial charge in [0.15, 0.2) is 0 Å². The molecule has 11 heteroatoms. The van der Waals surface area contributed by atoms with Crippen LogP contribution in [0.5, 0.6) is 0 Å². The number of hydrogen-bond acceptors (Lipinski definition) is 5. The van der Waals surface area contributed by atoms with Crippen LogP contribution in [0.15, 0.2) is 65.6 Å². The molecule has 0 aliphatic rings. The lowest BCUT2D eigenvalue weighted by Gasteiger charge is -2.17. The van der Waals surface area contributed by atoms with Crippen molar-refractivity contribution in [2.45, 2.75) is 12.7 Å². The van der Waals surface area contributed by atoms with Crippen LogP contribution in [-0.4, -0.2) is 44.9 Å². The Kier molecular flexibility index (Phi) is 6.17. The van der Waals surface area contributed by atoms with Gasteiger partial charge in [-0.2, -0.15) is 18.3 Å². The largest absolute Gasteiger partial charge is 0.433 e. The van der Waals surface area contributed by atoms with Gasteiger partial charge >= 0.3 is 6.18 Å². The van der Waals surface area contributed by atoms with E-state index in [0.29, 0.717) is 22.8 Å². The third-order valence-corrected chi connectivity index (χ3v) is 6.31. The summed E-state index contributed by atoms with van der Waals surface area (Å²) in [6.45, 7) is 1.49. The van der Waals surface area contributed by atoms with Crippen molar-refractivity contribution in [2.75, 3.05) is 26.4 Å². The maximum atomic E-state index is 13.9. The van der Waals surface area contributed by atoms with Gasteiger partial charge in [0.2, 0.25) is 0 Å². The first-order chi connectivity index (χ1) is 17.5. The first-order valence-corrected chi connectivity index (χ1v) is 11.7. The number of aromatic nitrogens is 4. The Balaban J connectivity index is 1.76. The molecule has 5 aromatic rings. The molecule has 0 saturated carbocycles. The van der Waals surface area contributed by atoms with Gasteiger partial charge in [-0.15, -0.1) is 0 Å². The van der Waals surface area contributed by atoms with Gasteiger partial charge in [0.05, 0.1) is 29.0 Å². The number of rotatable bonds is 5. The van der Waals surface area contributed by atoms with Crippen molar-refractivity contribution in [1.82, 2.24) is 24.2 Å². The molecule has 37 heavy (non-hydrogen) atoms. The monoisotopic (exact) mass is 526 g/mol. The molecule has 5 rings (SSSR count). The van der Waals surface area contributed by atoms with Crippen molar-refractivity contribution in [3.63, 3.8) is 0 Å². The molecule has 3 aromatic heterocycles. The summed E-state index contributed by atoms with van der Waals surface area (Å²) in [4.78, 5) is 19.7. The number of halogens is 4. The molecule has 0 amide bonds. The Morgan fingerprint density at radius 2 is 1.78 bits per heavy atom. The number of nitrogens with two attached hydrogens (primary N) is 1. The minimum absolute atomic E-state index is 0.0470. The Morgan fingerprint density at radius 3 is 2.46 bits per heavy atom. The molecular formula is C26H22ClF3N6O. The maximum Gasteiger partial charge on any atom is 0.433 e. The van der Waals surface area contributed by atoms with Gasteiger partial charge in [0, 0.05) is 28.5 Å². The van der Waals surface area contributed by atoms with Crippen LogP contribution in [0, 0.1) is 0 Å². The standard InChI is InChI=1S/C26H22ClF3N6O/c1-34(2)11-12-35-14-16-13-15(3-9-20(16)33-35)22-23(31)19-8-10-21(26(28,29)30)32-24(19)36(25(22)37)18-6-4-17(27)5-7-18/h3-10,13-14H,11-12,31H2,1-2H3. The molecule has 0 aliphatic carbocycles. The van der Waals surface area contributed by atoms with E-state index in [1.54, 1.807) is 42.5 Å². The second-order valence-electron chi connectivity index (χ2n) is 8.94. The lowest BCUT2D eigenvalue weighted by molar-refractivity contribution is -0.141. The summed E-state index contributed by atoms with van der Waals surface area (Å²) in [7, 11) is 3.95. The van der Waals surface area contributed by atoms with Crippen molar-refractivity contribution in [3.05, 3.63) is 81.9 Å². The Hall–Kier alpha value is -3.89. The summed E-state index contributed by atoms with van der Waals surface area (Å²) >= 11 is 6.01. The molecule has 0 spiro atoms. The van der Waals surface area contributed by atoms with E-state index in [1.165, 1.54) is 6.07 Å². The van der Waals surface area contributed by atoms with Crippen LogP contribution in [0.2, 0.25) is 5.02 Å². The lowest BCUT2D eigenvalue weighted by Crippen LogP contribution is -2.24. The van der Waals surface area contributed by atoms with E-state index in [9.17, 15) is 18.0 Å². The van der Waals surface area contributed by atoms with Crippen molar-refractivity contribution in [1.29, 1.82) is 0 Å². The van der Waals surface area contributed by atoms with Crippen molar-refractivity contribution < 1.29 is 13.2 Å². The van der Waals surface area contributed by atoms with Crippen LogP contribution in [0.25, 0.3) is 38.8 Å². The number of pyridine rings is 2. The SMILES string of the molecule is CN(C)CCn1cc2cc(-c3c(N)c4ccc(C(F)(F)F)nc4n(-c4ccc(Cl)cc4)c3=O)ccc2n1. The van der Waals surface area contributed by atoms with Gasteiger partial charge in [-0.1, -0.05) is 17.7 Å². The van der Waals surface area contributed by atoms with Crippen LogP contribution in [0.3, 0.4) is 0 Å². The van der Waals surface area contributed by atoms with Gasteiger partial charge in [0.1, 0.15) is 11.3 Å². The average molecular weight is 527 g/mol. The second kappa shape index (κ2) is 9.20. The van der Waals surface area contributed by atoms with E-state index in [2.05, 4.69) is 10.1 Å². The molecule has 0 radical (unpaired) electrons. The Morgan fingerprint density at radius 1 is 1.05 bits per heavy atom. The lowest BCUT2D eigenvalue weighted by atomic mass is 10.0. The first-order valence-electron chi connectivity index (χ1n) is 11.3. The summed E-state index contributed by atoms with van der Waals surface area (Å²) in [6.07, 6.45) is -2.81. The van der Waals surface area contributed by atoms with Gasteiger partial charge in [0.25, 0.3) is 5.56 Å². The molecule has 0 atom stereocenters. The number of alkyl halides is 3. The Bertz CT molecular complexity index is 1690.